The molecule has 0 aliphatic carbocycles. The van der Waals surface area contributed by atoms with Crippen LogP contribution in [-0.4, -0.2) is 11.7 Å². The summed E-state index contributed by atoms with van der Waals surface area (Å²) in [4.78, 5) is 4.63. The van der Waals surface area contributed by atoms with Crippen LogP contribution in [0.25, 0.3) is 0 Å². The van der Waals surface area contributed by atoms with Gasteiger partial charge in [0.05, 0.1) is 5.69 Å². The van der Waals surface area contributed by atoms with E-state index in [0.29, 0.717) is 22.3 Å². The molecule has 2 aromatic carbocycles. The number of para-hydroxylation sites is 2. The third-order valence-corrected chi connectivity index (χ3v) is 3.26. The Labute approximate surface area is 125 Å². The molecule has 0 atom stereocenters. The lowest BCUT2D eigenvalue weighted by Crippen LogP contribution is -2.35. The summed E-state index contributed by atoms with van der Waals surface area (Å²) < 4.78 is 25.1. The van der Waals surface area contributed by atoms with Gasteiger partial charge >= 0.3 is 0 Å². The molecule has 0 saturated heterocycles. The highest BCUT2D eigenvalue weighted by atomic mass is 32.2. The number of thioether (sulfide) groups is 1. The molecule has 0 aromatic heterocycles. The van der Waals surface area contributed by atoms with Gasteiger partial charge in [-0.15, -0.1) is 0 Å². The molecule has 0 heterocycles. The fourth-order valence-corrected chi connectivity index (χ4v) is 2.20. The molecule has 0 bridgehead atoms. The minimum Gasteiger partial charge on any atom is -0.325 e. The van der Waals surface area contributed by atoms with Crippen molar-refractivity contribution in [3.8, 4) is 0 Å². The third-order valence-electron chi connectivity index (χ3n) is 2.49. The second-order valence-corrected chi connectivity index (χ2v) is 4.97. The Morgan fingerprint density at radius 3 is 2.38 bits per heavy atom. The molecule has 0 spiro atoms. The molecule has 2 rings (SSSR count). The minimum atomic E-state index is -2.50. The Balaban J connectivity index is 2.23. The zero-order chi connectivity index (χ0) is 15.1. The van der Waals surface area contributed by atoms with Crippen molar-refractivity contribution in [1.82, 2.24) is 5.43 Å². The van der Waals surface area contributed by atoms with Crippen LogP contribution >= 0.6 is 11.8 Å². The van der Waals surface area contributed by atoms with Gasteiger partial charge in [0, 0.05) is 10.6 Å². The van der Waals surface area contributed by atoms with Gasteiger partial charge in [-0.2, -0.15) is 8.78 Å². The van der Waals surface area contributed by atoms with Crippen LogP contribution in [-0.2, 0) is 0 Å². The fourth-order valence-electron chi connectivity index (χ4n) is 1.62. The van der Waals surface area contributed by atoms with Gasteiger partial charge in [0.1, 0.15) is 0 Å². The van der Waals surface area contributed by atoms with Crippen molar-refractivity contribution in [2.75, 3.05) is 5.32 Å². The highest BCUT2D eigenvalue weighted by Gasteiger charge is 2.09. The molecule has 0 saturated carbocycles. The summed E-state index contributed by atoms with van der Waals surface area (Å²) in [5.41, 5.74) is 3.62. The number of nitrogens with zero attached hydrogens (tertiary/aromatic N) is 1. The first-order chi connectivity index (χ1) is 10.2. The van der Waals surface area contributed by atoms with Crippen LogP contribution in [0.1, 0.15) is 0 Å². The average molecular weight is 308 g/mol. The van der Waals surface area contributed by atoms with E-state index in [2.05, 4.69) is 15.7 Å². The first-order valence-corrected chi connectivity index (χ1v) is 6.98. The van der Waals surface area contributed by atoms with E-state index in [1.165, 1.54) is 0 Å². The van der Waals surface area contributed by atoms with Crippen molar-refractivity contribution in [3.63, 3.8) is 0 Å². The number of hydrogen-bond acceptors (Lipinski definition) is 3. The first kappa shape index (κ1) is 15.3. The third kappa shape index (κ3) is 4.73. The number of nitrogens with one attached hydrogen (secondary N) is 2. The van der Waals surface area contributed by atoms with Crippen LogP contribution in [0.4, 0.5) is 20.2 Å². The quantitative estimate of drug-likeness (QED) is 0.266. The second kappa shape index (κ2) is 7.61. The topological polar surface area (TPSA) is 62.4 Å². The van der Waals surface area contributed by atoms with Gasteiger partial charge in [-0.3, -0.25) is 5.43 Å². The summed E-state index contributed by atoms with van der Waals surface area (Å²) in [6, 6.07) is 15.9. The number of halogens is 2. The van der Waals surface area contributed by atoms with E-state index in [1.54, 1.807) is 24.3 Å². The number of hydrogen-bond donors (Lipinski definition) is 3. The highest BCUT2D eigenvalue weighted by molar-refractivity contribution is 7.99. The van der Waals surface area contributed by atoms with Crippen LogP contribution in [0.2, 0.25) is 0 Å². The number of anilines is 1. The maximum absolute atomic E-state index is 12.5. The Kier molecular flexibility index (Phi) is 5.53. The molecule has 2 aromatic rings. The lowest BCUT2D eigenvalue weighted by Gasteiger charge is -2.10. The maximum atomic E-state index is 12.5. The molecule has 0 aliphatic rings. The van der Waals surface area contributed by atoms with Crippen molar-refractivity contribution in [2.24, 2.45) is 10.8 Å². The van der Waals surface area contributed by atoms with E-state index in [-0.39, 0.29) is 5.96 Å². The van der Waals surface area contributed by atoms with Gasteiger partial charge in [-0.25, -0.2) is 10.8 Å². The number of alkyl halides is 2. The van der Waals surface area contributed by atoms with E-state index in [4.69, 9.17) is 5.84 Å². The molecule has 0 radical (unpaired) electrons. The van der Waals surface area contributed by atoms with Crippen LogP contribution in [0.3, 0.4) is 0 Å². The predicted molar refractivity (Wildman–Crippen MR) is 82.8 cm³/mol. The lowest BCUT2D eigenvalue weighted by atomic mass is 10.3. The van der Waals surface area contributed by atoms with Gasteiger partial charge in [0.25, 0.3) is 5.76 Å². The van der Waals surface area contributed by atoms with Gasteiger partial charge in [0.2, 0.25) is 5.96 Å². The van der Waals surface area contributed by atoms with E-state index in [9.17, 15) is 8.78 Å². The fraction of sp³-hybridized carbons (Fsp3) is 0.0714. The number of benzene rings is 2. The molecule has 7 heteroatoms. The molecular formula is C14H14F2N4S. The average Bonchev–Trinajstić information content (AvgIpc) is 2.49. The van der Waals surface area contributed by atoms with E-state index in [0.717, 1.165) is 5.69 Å². The summed E-state index contributed by atoms with van der Waals surface area (Å²) in [5.74, 6) is 3.19. The second-order valence-electron chi connectivity index (χ2n) is 3.94. The highest BCUT2D eigenvalue weighted by Crippen LogP contribution is 2.33. The van der Waals surface area contributed by atoms with Gasteiger partial charge in [0.15, 0.2) is 0 Å². The van der Waals surface area contributed by atoms with Crippen molar-refractivity contribution in [3.05, 3.63) is 54.6 Å². The van der Waals surface area contributed by atoms with Crippen LogP contribution in [0.15, 0.2) is 64.5 Å². The van der Waals surface area contributed by atoms with Crippen LogP contribution in [0.5, 0.6) is 0 Å². The minimum absolute atomic E-state index is 0.267. The molecule has 110 valence electrons. The molecular weight excluding hydrogens is 294 g/mol. The first-order valence-electron chi connectivity index (χ1n) is 6.10. The van der Waals surface area contributed by atoms with Crippen LogP contribution in [0, 0.1) is 0 Å². The van der Waals surface area contributed by atoms with E-state index >= 15 is 0 Å². The van der Waals surface area contributed by atoms with Gasteiger partial charge < -0.3 is 5.32 Å². The van der Waals surface area contributed by atoms with Crippen molar-refractivity contribution in [2.45, 2.75) is 10.7 Å². The Bertz CT molecular complexity index is 605. The monoisotopic (exact) mass is 308 g/mol. The molecule has 0 amide bonds. The standard InChI is InChI=1S/C14H14F2N4S/c15-13(16)21-12-9-5-4-8-11(12)19-14(20-17)18-10-6-2-1-3-7-10/h1-9,13H,17H2,(H2,18,19,20). The molecule has 0 fully saturated rings. The maximum Gasteiger partial charge on any atom is 0.288 e. The Hall–Kier alpha value is -2.12. The molecule has 0 aliphatic heterocycles. The zero-order valence-corrected chi connectivity index (χ0v) is 11.8. The summed E-state index contributed by atoms with van der Waals surface area (Å²) in [5, 5.41) is 2.97. The number of hydrazine groups is 1. The number of nitrogens with two attached hydrogens (primary N) is 1. The van der Waals surface area contributed by atoms with Crippen molar-refractivity contribution < 1.29 is 8.78 Å². The lowest BCUT2D eigenvalue weighted by molar-refractivity contribution is 0.252. The summed E-state index contributed by atoms with van der Waals surface area (Å²) >= 11 is 0.447. The number of rotatable bonds is 4. The smallest absolute Gasteiger partial charge is 0.288 e. The molecule has 0 unspecified atom stereocenters. The van der Waals surface area contributed by atoms with Crippen molar-refractivity contribution >= 4 is 29.1 Å². The number of aliphatic imine (C=N–C) groups is 1. The SMILES string of the molecule is NNC(=Nc1ccccc1SC(F)F)Nc1ccccc1. The van der Waals surface area contributed by atoms with E-state index in [1.807, 2.05) is 30.3 Å². The van der Waals surface area contributed by atoms with Crippen molar-refractivity contribution in [1.29, 1.82) is 0 Å². The normalized spacial score (nSPS) is 11.5. The largest absolute Gasteiger partial charge is 0.325 e. The Morgan fingerprint density at radius 2 is 1.71 bits per heavy atom. The summed E-state index contributed by atoms with van der Waals surface area (Å²) in [6.45, 7) is 0. The molecule has 4 nitrogen and oxygen atoms in total. The summed E-state index contributed by atoms with van der Waals surface area (Å²) in [7, 11) is 0. The number of guanidine groups is 1. The molecule has 4 N–H and O–H groups in total. The van der Waals surface area contributed by atoms with Gasteiger partial charge in [-0.05, 0) is 24.3 Å². The van der Waals surface area contributed by atoms with E-state index < -0.39 is 5.76 Å². The Morgan fingerprint density at radius 1 is 1.05 bits per heavy atom. The zero-order valence-electron chi connectivity index (χ0n) is 11.0. The molecule has 21 heavy (non-hydrogen) atoms. The summed E-state index contributed by atoms with van der Waals surface area (Å²) in [6.07, 6.45) is 0. The van der Waals surface area contributed by atoms with Crippen LogP contribution < -0.4 is 16.6 Å². The van der Waals surface area contributed by atoms with Gasteiger partial charge in [-0.1, -0.05) is 42.1 Å². The predicted octanol–water partition coefficient (Wildman–Crippen LogP) is 3.56.